The van der Waals surface area contributed by atoms with Crippen LogP contribution in [0.5, 0.6) is 0 Å². The number of aromatic nitrogens is 2. The smallest absolute Gasteiger partial charge is 0.352 e. The Labute approximate surface area is 136 Å². The first-order chi connectivity index (χ1) is 11.3. The van der Waals surface area contributed by atoms with E-state index in [-0.39, 0.29) is 24.7 Å². The summed E-state index contributed by atoms with van der Waals surface area (Å²) in [5.74, 6) is -1.81. The molecule has 1 heterocycles. The first-order valence-corrected chi connectivity index (χ1v) is 7.17. The van der Waals surface area contributed by atoms with E-state index in [0.29, 0.717) is 5.56 Å². The van der Waals surface area contributed by atoms with Crippen LogP contribution in [0, 0.1) is 0 Å². The number of hydrogen-bond acceptors (Lipinski definition) is 5. The maximum absolute atomic E-state index is 12.3. The number of nitrogens with one attached hydrogen (secondary N) is 1. The van der Waals surface area contributed by atoms with Crippen molar-refractivity contribution in [3.05, 3.63) is 47.1 Å². The van der Waals surface area contributed by atoms with Gasteiger partial charge in [-0.25, -0.2) is 0 Å². The van der Waals surface area contributed by atoms with Crippen molar-refractivity contribution < 1.29 is 22.5 Å². The Bertz CT molecular complexity index is 681. The van der Waals surface area contributed by atoms with E-state index in [0.717, 1.165) is 12.1 Å². The molecular formula is C15H17F3N4O2. The highest BCUT2D eigenvalue weighted by atomic mass is 19.4. The summed E-state index contributed by atoms with van der Waals surface area (Å²) in [4.78, 5) is 17.2. The Hall–Kier alpha value is -2.42. The van der Waals surface area contributed by atoms with Crippen molar-refractivity contribution in [2.75, 3.05) is 20.6 Å². The fraction of sp³-hybridized carbons (Fsp3) is 0.400. The molecule has 1 aromatic carbocycles. The van der Waals surface area contributed by atoms with Gasteiger partial charge in [-0.3, -0.25) is 4.79 Å². The second-order valence-electron chi connectivity index (χ2n) is 5.45. The summed E-state index contributed by atoms with van der Waals surface area (Å²) in [6, 6.07) is 7.10. The number of hydrogen-bond donors (Lipinski definition) is 1. The average molecular weight is 342 g/mol. The number of benzene rings is 1. The van der Waals surface area contributed by atoms with Crippen molar-refractivity contribution in [1.82, 2.24) is 20.4 Å². The molecule has 2 aromatic rings. The maximum Gasteiger partial charge on any atom is 0.471 e. The van der Waals surface area contributed by atoms with Crippen LogP contribution in [0.1, 0.15) is 27.6 Å². The van der Waals surface area contributed by atoms with Crippen molar-refractivity contribution in [2.24, 2.45) is 0 Å². The molecule has 2 rings (SSSR count). The zero-order chi connectivity index (χ0) is 17.7. The molecule has 0 bridgehead atoms. The van der Waals surface area contributed by atoms with E-state index in [2.05, 4.69) is 20.0 Å². The molecule has 0 saturated carbocycles. The first-order valence-electron chi connectivity index (χ1n) is 7.17. The van der Waals surface area contributed by atoms with Gasteiger partial charge in [-0.15, -0.1) is 0 Å². The van der Waals surface area contributed by atoms with Gasteiger partial charge < -0.3 is 14.7 Å². The van der Waals surface area contributed by atoms with Crippen LogP contribution in [0.25, 0.3) is 0 Å². The third kappa shape index (κ3) is 5.05. The van der Waals surface area contributed by atoms with Crippen LogP contribution in [-0.2, 0) is 19.1 Å². The van der Waals surface area contributed by atoms with Gasteiger partial charge in [-0.2, -0.15) is 18.2 Å². The summed E-state index contributed by atoms with van der Waals surface area (Å²) in [6.45, 7) is 0.871. The van der Waals surface area contributed by atoms with Gasteiger partial charge in [0.15, 0.2) is 5.82 Å². The quantitative estimate of drug-likeness (QED) is 0.871. The molecular weight excluding hydrogens is 325 g/mol. The highest BCUT2D eigenvalue weighted by molar-refractivity contribution is 5.94. The monoisotopic (exact) mass is 342 g/mol. The van der Waals surface area contributed by atoms with Crippen LogP contribution in [0.15, 0.2) is 28.8 Å². The molecule has 0 saturated heterocycles. The minimum atomic E-state index is -4.66. The topological polar surface area (TPSA) is 71.3 Å². The summed E-state index contributed by atoms with van der Waals surface area (Å²) in [7, 11) is 3.89. The van der Waals surface area contributed by atoms with E-state index in [1.165, 1.54) is 0 Å². The van der Waals surface area contributed by atoms with Gasteiger partial charge in [0.1, 0.15) is 0 Å². The summed E-state index contributed by atoms with van der Waals surface area (Å²) in [6.07, 6.45) is -4.62. The summed E-state index contributed by atoms with van der Waals surface area (Å²) < 4.78 is 41.1. The van der Waals surface area contributed by atoms with Gasteiger partial charge in [-0.1, -0.05) is 17.3 Å². The lowest BCUT2D eigenvalue weighted by molar-refractivity contribution is -0.159. The van der Waals surface area contributed by atoms with Gasteiger partial charge in [-0.05, 0) is 31.8 Å². The van der Waals surface area contributed by atoms with E-state index in [9.17, 15) is 18.0 Å². The molecule has 1 amide bonds. The zero-order valence-corrected chi connectivity index (χ0v) is 13.2. The standard InChI is InChI=1S/C15H17F3N4O2/c1-22(2)9-10-3-5-11(6-4-10)13(23)19-8-7-12-20-14(24-21-12)15(16,17)18/h3-6H,7-9H2,1-2H3,(H,19,23). The van der Waals surface area contributed by atoms with Crippen LogP contribution in [0.3, 0.4) is 0 Å². The van der Waals surface area contributed by atoms with Crippen LogP contribution in [0.4, 0.5) is 13.2 Å². The van der Waals surface area contributed by atoms with E-state index in [1.54, 1.807) is 12.1 Å². The number of halogens is 3. The third-order valence-electron chi connectivity index (χ3n) is 3.06. The van der Waals surface area contributed by atoms with Crippen LogP contribution in [0.2, 0.25) is 0 Å². The summed E-state index contributed by atoms with van der Waals surface area (Å²) in [5, 5.41) is 5.83. The number of amides is 1. The SMILES string of the molecule is CN(C)Cc1ccc(C(=O)NCCc2noc(C(F)(F)F)n2)cc1. The highest BCUT2D eigenvalue weighted by Crippen LogP contribution is 2.27. The lowest BCUT2D eigenvalue weighted by Gasteiger charge is -2.10. The molecule has 0 aliphatic carbocycles. The fourth-order valence-electron chi connectivity index (χ4n) is 1.99. The van der Waals surface area contributed by atoms with Gasteiger partial charge in [0.2, 0.25) is 0 Å². The Morgan fingerprint density at radius 1 is 1.25 bits per heavy atom. The summed E-state index contributed by atoms with van der Waals surface area (Å²) >= 11 is 0. The highest BCUT2D eigenvalue weighted by Gasteiger charge is 2.38. The lowest BCUT2D eigenvalue weighted by Crippen LogP contribution is -2.26. The van der Waals surface area contributed by atoms with Crippen molar-refractivity contribution in [1.29, 1.82) is 0 Å². The van der Waals surface area contributed by atoms with Gasteiger partial charge in [0, 0.05) is 25.1 Å². The predicted octanol–water partition coefficient (Wildman–Crippen LogP) is 2.12. The van der Waals surface area contributed by atoms with E-state index in [4.69, 9.17) is 0 Å². The Morgan fingerprint density at radius 2 is 1.92 bits per heavy atom. The van der Waals surface area contributed by atoms with E-state index in [1.807, 2.05) is 31.1 Å². The largest absolute Gasteiger partial charge is 0.471 e. The minimum Gasteiger partial charge on any atom is -0.352 e. The second-order valence-corrected chi connectivity index (χ2v) is 5.45. The van der Waals surface area contributed by atoms with Crippen LogP contribution in [-0.4, -0.2) is 41.6 Å². The molecule has 9 heteroatoms. The number of carbonyl (C=O) groups is 1. The molecule has 0 atom stereocenters. The van der Waals surface area contributed by atoms with E-state index < -0.39 is 12.1 Å². The number of rotatable bonds is 6. The second kappa shape index (κ2) is 7.43. The van der Waals surface area contributed by atoms with Gasteiger partial charge >= 0.3 is 12.1 Å². The molecule has 130 valence electrons. The normalized spacial score (nSPS) is 11.8. The number of nitrogens with zero attached hydrogens (tertiary/aromatic N) is 3. The zero-order valence-electron chi connectivity index (χ0n) is 13.2. The van der Waals surface area contributed by atoms with Crippen molar-refractivity contribution in [3.63, 3.8) is 0 Å². The van der Waals surface area contributed by atoms with Crippen LogP contribution < -0.4 is 5.32 Å². The number of alkyl halides is 3. The lowest BCUT2D eigenvalue weighted by atomic mass is 10.1. The molecule has 24 heavy (non-hydrogen) atoms. The number of carbonyl (C=O) groups excluding carboxylic acids is 1. The maximum atomic E-state index is 12.3. The predicted molar refractivity (Wildman–Crippen MR) is 79.2 cm³/mol. The molecule has 0 aliphatic heterocycles. The Balaban J connectivity index is 1.83. The van der Waals surface area contributed by atoms with E-state index >= 15 is 0 Å². The minimum absolute atomic E-state index is 0.0457. The molecule has 0 radical (unpaired) electrons. The van der Waals surface area contributed by atoms with Crippen molar-refractivity contribution in [2.45, 2.75) is 19.1 Å². The van der Waals surface area contributed by atoms with Crippen molar-refractivity contribution in [3.8, 4) is 0 Å². The molecule has 0 aliphatic rings. The molecule has 6 nitrogen and oxygen atoms in total. The Morgan fingerprint density at radius 3 is 2.46 bits per heavy atom. The molecule has 1 N–H and O–H groups in total. The summed E-state index contributed by atoms with van der Waals surface area (Å²) in [5.41, 5.74) is 1.55. The van der Waals surface area contributed by atoms with Gasteiger partial charge in [0.25, 0.3) is 5.91 Å². The molecule has 0 spiro atoms. The Kier molecular flexibility index (Phi) is 5.55. The fourth-order valence-corrected chi connectivity index (χ4v) is 1.99. The van der Waals surface area contributed by atoms with Gasteiger partial charge in [0.05, 0.1) is 0 Å². The van der Waals surface area contributed by atoms with Crippen LogP contribution >= 0.6 is 0 Å². The average Bonchev–Trinajstić information content (AvgIpc) is 2.96. The third-order valence-corrected chi connectivity index (χ3v) is 3.06. The molecule has 0 unspecified atom stereocenters. The molecule has 0 fully saturated rings. The van der Waals surface area contributed by atoms with Crippen molar-refractivity contribution >= 4 is 5.91 Å². The molecule has 1 aromatic heterocycles. The first kappa shape index (κ1) is 17.9.